The number of carbonyl (C=O) groups excluding carboxylic acids is 3. The molecule has 118 valence electrons. The number of halogens is 1. The zero-order valence-electron chi connectivity index (χ0n) is 11.9. The van der Waals surface area contributed by atoms with Crippen LogP contribution in [0.5, 0.6) is 0 Å². The summed E-state index contributed by atoms with van der Waals surface area (Å²) in [6, 6.07) is 4.32. The first-order valence-electron chi connectivity index (χ1n) is 5.96. The molecule has 9 heteroatoms. The molecule has 0 radical (unpaired) electrons. The van der Waals surface area contributed by atoms with Crippen molar-refractivity contribution in [1.29, 1.82) is 0 Å². The Balaban J connectivity index is 2.93. The van der Waals surface area contributed by atoms with Gasteiger partial charge in [-0.05, 0) is 18.2 Å². The number of methoxy groups -OCH3 is 2. The standard InChI is InChI=1S/C13H14ClN3O5/c1-21-11(18)6-10(13(20)22-2)16-17-12(19)8-5-7(14)3-4-9(8)15/h3-5H,6,15H2,1-2H3,(H,17,19)/b16-10-. The van der Waals surface area contributed by atoms with Crippen molar-refractivity contribution in [2.45, 2.75) is 6.42 Å². The van der Waals surface area contributed by atoms with Crippen LogP contribution < -0.4 is 11.2 Å². The molecule has 0 atom stereocenters. The molecule has 0 aliphatic carbocycles. The van der Waals surface area contributed by atoms with Crippen molar-refractivity contribution in [2.24, 2.45) is 5.10 Å². The van der Waals surface area contributed by atoms with Gasteiger partial charge in [0.25, 0.3) is 5.91 Å². The van der Waals surface area contributed by atoms with Gasteiger partial charge in [-0.15, -0.1) is 0 Å². The number of hydrogen-bond acceptors (Lipinski definition) is 7. The van der Waals surface area contributed by atoms with Gasteiger partial charge in [-0.3, -0.25) is 9.59 Å². The largest absolute Gasteiger partial charge is 0.469 e. The molecule has 0 bridgehead atoms. The van der Waals surface area contributed by atoms with E-state index in [1.165, 1.54) is 18.2 Å². The number of amides is 1. The number of nitrogens with one attached hydrogen (secondary N) is 1. The lowest BCUT2D eigenvalue weighted by Crippen LogP contribution is -2.26. The quantitative estimate of drug-likeness (QED) is 0.356. The summed E-state index contributed by atoms with van der Waals surface area (Å²) >= 11 is 5.78. The highest BCUT2D eigenvalue weighted by Gasteiger charge is 2.18. The first kappa shape index (κ1) is 17.4. The van der Waals surface area contributed by atoms with E-state index in [0.717, 1.165) is 14.2 Å². The number of hydrogen-bond donors (Lipinski definition) is 2. The minimum atomic E-state index is -0.871. The second-order valence-corrected chi connectivity index (χ2v) is 4.41. The van der Waals surface area contributed by atoms with Gasteiger partial charge < -0.3 is 15.2 Å². The Kier molecular flexibility index (Phi) is 6.33. The Hall–Kier alpha value is -2.61. The molecule has 0 aliphatic heterocycles. The smallest absolute Gasteiger partial charge is 0.354 e. The van der Waals surface area contributed by atoms with Crippen LogP contribution in [0.4, 0.5) is 5.69 Å². The minimum Gasteiger partial charge on any atom is -0.469 e. The van der Waals surface area contributed by atoms with E-state index in [4.69, 9.17) is 17.3 Å². The monoisotopic (exact) mass is 327 g/mol. The number of rotatable bonds is 5. The van der Waals surface area contributed by atoms with Gasteiger partial charge in [0.15, 0.2) is 5.71 Å². The van der Waals surface area contributed by atoms with E-state index < -0.39 is 24.3 Å². The van der Waals surface area contributed by atoms with E-state index in [2.05, 4.69) is 20.0 Å². The zero-order valence-corrected chi connectivity index (χ0v) is 12.6. The van der Waals surface area contributed by atoms with Crippen molar-refractivity contribution in [1.82, 2.24) is 5.43 Å². The highest BCUT2D eigenvalue weighted by Crippen LogP contribution is 2.17. The molecule has 1 rings (SSSR count). The van der Waals surface area contributed by atoms with Crippen molar-refractivity contribution in [2.75, 3.05) is 20.0 Å². The molecule has 1 aromatic rings. The molecule has 0 aliphatic rings. The summed E-state index contributed by atoms with van der Waals surface area (Å²) in [4.78, 5) is 34.6. The van der Waals surface area contributed by atoms with E-state index >= 15 is 0 Å². The SMILES string of the molecule is COC(=O)C/C(=N/NC(=O)c1cc(Cl)ccc1N)C(=O)OC. The van der Waals surface area contributed by atoms with Crippen molar-refractivity contribution < 1.29 is 23.9 Å². The fourth-order valence-corrected chi connectivity index (χ4v) is 1.56. The molecule has 1 amide bonds. The Bertz CT molecular complexity index is 630. The van der Waals surface area contributed by atoms with Gasteiger partial charge in [0.2, 0.25) is 0 Å². The van der Waals surface area contributed by atoms with Crippen LogP contribution >= 0.6 is 11.6 Å². The van der Waals surface area contributed by atoms with Gasteiger partial charge >= 0.3 is 11.9 Å². The fourth-order valence-electron chi connectivity index (χ4n) is 1.39. The normalized spacial score (nSPS) is 10.8. The highest BCUT2D eigenvalue weighted by molar-refractivity contribution is 6.39. The topological polar surface area (TPSA) is 120 Å². The van der Waals surface area contributed by atoms with Gasteiger partial charge in [-0.25, -0.2) is 10.2 Å². The third-order valence-corrected chi connectivity index (χ3v) is 2.75. The second-order valence-electron chi connectivity index (χ2n) is 3.98. The van der Waals surface area contributed by atoms with Gasteiger partial charge in [0, 0.05) is 10.7 Å². The van der Waals surface area contributed by atoms with Gasteiger partial charge in [0.1, 0.15) is 0 Å². The van der Waals surface area contributed by atoms with E-state index in [-0.39, 0.29) is 17.0 Å². The van der Waals surface area contributed by atoms with E-state index in [1.54, 1.807) is 0 Å². The maximum absolute atomic E-state index is 12.0. The van der Waals surface area contributed by atoms with Crippen LogP contribution in [0.15, 0.2) is 23.3 Å². The fraction of sp³-hybridized carbons (Fsp3) is 0.231. The number of anilines is 1. The number of nitrogens with two attached hydrogens (primary N) is 1. The van der Waals surface area contributed by atoms with Crippen LogP contribution in [0.3, 0.4) is 0 Å². The molecule has 22 heavy (non-hydrogen) atoms. The van der Waals surface area contributed by atoms with Crippen LogP contribution in [-0.2, 0) is 19.1 Å². The summed E-state index contributed by atoms with van der Waals surface area (Å²) in [7, 11) is 2.27. The van der Waals surface area contributed by atoms with Crippen molar-refractivity contribution in [3.8, 4) is 0 Å². The number of carbonyl (C=O) groups is 3. The Morgan fingerprint density at radius 1 is 1.27 bits per heavy atom. The summed E-state index contributed by atoms with van der Waals surface area (Å²) in [5.41, 5.74) is 7.72. The summed E-state index contributed by atoms with van der Waals surface area (Å²) in [6.07, 6.45) is -0.450. The number of nitrogens with zero attached hydrogens (tertiary/aromatic N) is 1. The summed E-state index contributed by atoms with van der Waals surface area (Å²) in [5.74, 6) is -2.27. The van der Waals surface area contributed by atoms with Crippen molar-refractivity contribution >= 4 is 40.8 Å². The first-order chi connectivity index (χ1) is 10.4. The van der Waals surface area contributed by atoms with Crippen LogP contribution in [0, 0.1) is 0 Å². The van der Waals surface area contributed by atoms with E-state index in [9.17, 15) is 14.4 Å². The molecule has 0 unspecified atom stereocenters. The maximum Gasteiger partial charge on any atom is 0.354 e. The van der Waals surface area contributed by atoms with Gasteiger partial charge in [-0.1, -0.05) is 11.6 Å². The molecule has 1 aromatic carbocycles. The molecule has 0 spiro atoms. The van der Waals surface area contributed by atoms with E-state index in [1.807, 2.05) is 0 Å². The molecule has 0 saturated carbocycles. The summed E-state index contributed by atoms with van der Waals surface area (Å²) < 4.78 is 8.89. The second kappa shape index (κ2) is 7.99. The number of benzene rings is 1. The lowest BCUT2D eigenvalue weighted by molar-refractivity contribution is -0.140. The molecule has 3 N–H and O–H groups in total. The molecule has 0 fully saturated rings. The maximum atomic E-state index is 12.0. The minimum absolute atomic E-state index is 0.0820. The van der Waals surface area contributed by atoms with Gasteiger partial charge in [-0.2, -0.15) is 5.10 Å². The van der Waals surface area contributed by atoms with E-state index in [0.29, 0.717) is 5.02 Å². The predicted molar refractivity (Wildman–Crippen MR) is 79.4 cm³/mol. The molecule has 0 aromatic heterocycles. The number of hydrazone groups is 1. The van der Waals surface area contributed by atoms with Crippen LogP contribution in [0.1, 0.15) is 16.8 Å². The molecular formula is C13H14ClN3O5. The number of nitrogen functional groups attached to an aromatic ring is 1. The molecule has 0 heterocycles. The Morgan fingerprint density at radius 3 is 2.55 bits per heavy atom. The average Bonchev–Trinajstić information content (AvgIpc) is 2.52. The third-order valence-electron chi connectivity index (χ3n) is 2.51. The van der Waals surface area contributed by atoms with Crippen molar-refractivity contribution in [3.05, 3.63) is 28.8 Å². The molecular weight excluding hydrogens is 314 g/mol. The van der Waals surface area contributed by atoms with Crippen molar-refractivity contribution in [3.63, 3.8) is 0 Å². The first-order valence-corrected chi connectivity index (χ1v) is 6.34. The lowest BCUT2D eigenvalue weighted by Gasteiger charge is -2.06. The average molecular weight is 328 g/mol. The zero-order chi connectivity index (χ0) is 16.7. The lowest BCUT2D eigenvalue weighted by atomic mass is 10.2. The predicted octanol–water partition coefficient (Wildman–Crippen LogP) is 0.744. The highest BCUT2D eigenvalue weighted by atomic mass is 35.5. The van der Waals surface area contributed by atoms with Crippen LogP contribution in [0.2, 0.25) is 5.02 Å². The third kappa shape index (κ3) is 4.74. The molecule has 0 saturated heterocycles. The Labute approximate surface area is 131 Å². The van der Waals surface area contributed by atoms with Gasteiger partial charge in [0.05, 0.1) is 26.2 Å². The van der Waals surface area contributed by atoms with Crippen LogP contribution in [0.25, 0.3) is 0 Å². The molecule has 8 nitrogen and oxygen atoms in total. The Morgan fingerprint density at radius 2 is 1.95 bits per heavy atom. The number of ether oxygens (including phenoxy) is 2. The van der Waals surface area contributed by atoms with Crippen LogP contribution in [-0.4, -0.2) is 37.8 Å². The summed E-state index contributed by atoms with van der Waals surface area (Å²) in [5, 5.41) is 3.88. The summed E-state index contributed by atoms with van der Waals surface area (Å²) in [6.45, 7) is 0. The number of esters is 2.